The van der Waals surface area contributed by atoms with E-state index in [1.54, 1.807) is 4.90 Å². The molecule has 0 radical (unpaired) electrons. The van der Waals surface area contributed by atoms with E-state index in [4.69, 9.17) is 14.3 Å². The highest BCUT2D eigenvalue weighted by Crippen LogP contribution is 2.39. The van der Waals surface area contributed by atoms with Crippen LogP contribution in [0.4, 0.5) is 4.79 Å². The van der Waals surface area contributed by atoms with Gasteiger partial charge >= 0.3 is 6.03 Å². The van der Waals surface area contributed by atoms with Crippen molar-refractivity contribution in [2.45, 2.75) is 39.1 Å². The average Bonchev–Trinajstić information content (AvgIpc) is 3.28. The molecule has 2 aliphatic heterocycles. The first kappa shape index (κ1) is 19.8. The number of aryl methyl sites for hydroxylation is 1. The highest BCUT2D eigenvalue weighted by molar-refractivity contribution is 5.73. The molecule has 1 saturated heterocycles. The largest absolute Gasteiger partial charge is 0.462 e. The zero-order valence-electron chi connectivity index (χ0n) is 17.8. The fourth-order valence-corrected chi connectivity index (χ4v) is 4.32. The lowest BCUT2D eigenvalue weighted by atomic mass is 9.98. The average molecular weight is 422 g/mol. The molecule has 4 heterocycles. The van der Waals surface area contributed by atoms with Crippen molar-refractivity contribution in [2.75, 3.05) is 19.7 Å². The summed E-state index contributed by atoms with van der Waals surface area (Å²) in [4.78, 5) is 18.8. The second-order valence-electron chi connectivity index (χ2n) is 7.95. The van der Waals surface area contributed by atoms with Crippen molar-refractivity contribution in [3.8, 4) is 16.9 Å². The second-order valence-corrected chi connectivity index (χ2v) is 7.95. The van der Waals surface area contributed by atoms with Gasteiger partial charge in [0.2, 0.25) is 5.79 Å². The zero-order valence-corrected chi connectivity index (χ0v) is 17.8. The van der Waals surface area contributed by atoms with Crippen LogP contribution in [0.5, 0.6) is 5.75 Å². The molecule has 162 valence electrons. The zero-order chi connectivity index (χ0) is 21.4. The van der Waals surface area contributed by atoms with Crippen LogP contribution in [-0.4, -0.2) is 46.0 Å². The number of hydroxylamine groups is 1. The first-order valence-corrected chi connectivity index (χ1v) is 10.6. The minimum Gasteiger partial charge on any atom is -0.462 e. The summed E-state index contributed by atoms with van der Waals surface area (Å²) < 4.78 is 14.5. The maximum absolute atomic E-state index is 12.1. The number of rotatable bonds is 3. The summed E-state index contributed by atoms with van der Waals surface area (Å²) in [7, 11) is 0. The van der Waals surface area contributed by atoms with Crippen LogP contribution in [0, 0.1) is 6.92 Å². The molecule has 1 N–H and O–H groups in total. The topological polar surface area (TPSA) is 77.3 Å². The number of piperidine rings is 1. The highest BCUT2D eigenvalue weighted by atomic mass is 16.7. The van der Waals surface area contributed by atoms with Gasteiger partial charge in [-0.1, -0.05) is 12.1 Å². The van der Waals surface area contributed by atoms with Gasteiger partial charge in [0.15, 0.2) is 0 Å². The second kappa shape index (κ2) is 7.86. The predicted molar refractivity (Wildman–Crippen MR) is 114 cm³/mol. The molecule has 31 heavy (non-hydrogen) atoms. The Morgan fingerprint density at radius 2 is 2.06 bits per heavy atom. The Balaban J connectivity index is 1.32. The van der Waals surface area contributed by atoms with Crippen molar-refractivity contribution in [3.63, 3.8) is 0 Å². The summed E-state index contributed by atoms with van der Waals surface area (Å²) in [5.41, 5.74) is 7.88. The van der Waals surface area contributed by atoms with Crippen LogP contribution in [0.15, 0.2) is 42.6 Å². The first-order chi connectivity index (χ1) is 15.1. The van der Waals surface area contributed by atoms with Crippen LogP contribution >= 0.6 is 0 Å². The van der Waals surface area contributed by atoms with Gasteiger partial charge in [-0.15, -0.1) is 0 Å². The minimum absolute atomic E-state index is 0.220. The van der Waals surface area contributed by atoms with Crippen molar-refractivity contribution in [1.82, 2.24) is 20.0 Å². The number of carbonyl (C=O) groups excluding carboxylic acids is 1. The molecular weight excluding hydrogens is 396 g/mol. The van der Waals surface area contributed by atoms with Crippen LogP contribution in [0.1, 0.15) is 31.0 Å². The smallest absolute Gasteiger partial charge is 0.341 e. The van der Waals surface area contributed by atoms with E-state index in [2.05, 4.69) is 41.8 Å². The number of hydrogen-bond acceptors (Lipinski definition) is 5. The van der Waals surface area contributed by atoms with Crippen molar-refractivity contribution in [3.05, 3.63) is 53.9 Å². The van der Waals surface area contributed by atoms with Gasteiger partial charge < -0.3 is 14.4 Å². The molecule has 2 aliphatic rings. The monoisotopic (exact) mass is 422 g/mol. The van der Waals surface area contributed by atoms with E-state index in [0.717, 1.165) is 33.7 Å². The fraction of sp³-hybridized carbons (Fsp3) is 0.391. The normalized spacial score (nSPS) is 17.4. The van der Waals surface area contributed by atoms with Crippen molar-refractivity contribution in [2.24, 2.45) is 0 Å². The number of ether oxygens (including phenoxy) is 2. The fourth-order valence-electron chi connectivity index (χ4n) is 4.32. The van der Waals surface area contributed by atoms with E-state index in [-0.39, 0.29) is 6.03 Å². The van der Waals surface area contributed by atoms with Gasteiger partial charge in [0, 0.05) is 48.9 Å². The Morgan fingerprint density at radius 3 is 2.87 bits per heavy atom. The number of amides is 2. The number of likely N-dealkylation sites (tertiary alicyclic amines) is 1. The van der Waals surface area contributed by atoms with Crippen LogP contribution in [0.2, 0.25) is 0 Å². The van der Waals surface area contributed by atoms with E-state index in [1.807, 2.05) is 29.8 Å². The maximum Gasteiger partial charge on any atom is 0.341 e. The lowest BCUT2D eigenvalue weighted by molar-refractivity contribution is -0.225. The van der Waals surface area contributed by atoms with Gasteiger partial charge in [-0.3, -0.25) is 4.84 Å². The molecule has 2 aromatic heterocycles. The molecule has 0 unspecified atom stereocenters. The van der Waals surface area contributed by atoms with E-state index in [9.17, 15) is 4.79 Å². The number of aromatic nitrogens is 2. The van der Waals surface area contributed by atoms with Crippen LogP contribution in [-0.2, 0) is 16.2 Å². The summed E-state index contributed by atoms with van der Waals surface area (Å²) in [6, 6.07) is 12.2. The van der Waals surface area contributed by atoms with Gasteiger partial charge in [-0.25, -0.2) is 14.8 Å². The maximum atomic E-state index is 12.1. The van der Waals surface area contributed by atoms with Gasteiger partial charge in [0.25, 0.3) is 0 Å². The number of pyridine rings is 1. The van der Waals surface area contributed by atoms with E-state index in [1.165, 1.54) is 0 Å². The number of urea groups is 1. The number of benzene rings is 1. The molecule has 0 bridgehead atoms. The number of carbonyl (C=O) groups is 1. The summed E-state index contributed by atoms with van der Waals surface area (Å²) in [6.45, 7) is 5.92. The Labute approximate surface area is 180 Å². The molecule has 0 atom stereocenters. The lowest BCUT2D eigenvalue weighted by Gasteiger charge is -2.43. The van der Waals surface area contributed by atoms with Gasteiger partial charge in [0.05, 0.1) is 18.7 Å². The molecule has 1 aromatic carbocycles. The van der Waals surface area contributed by atoms with Crippen molar-refractivity contribution >= 4 is 11.5 Å². The first-order valence-electron chi connectivity index (χ1n) is 10.6. The number of nitrogens with one attached hydrogen (secondary N) is 1. The SMILES string of the molecule is CCONC(=O)N1CCC2(CC1)OCc1cc(-c3ccc4ccnn4c3C)ccc1O2. The molecule has 0 aliphatic carbocycles. The molecule has 8 heteroatoms. The quantitative estimate of drug-likeness (QED) is 0.652. The molecule has 2 amide bonds. The summed E-state index contributed by atoms with van der Waals surface area (Å²) >= 11 is 0. The van der Waals surface area contributed by atoms with E-state index in [0.29, 0.717) is 39.1 Å². The Morgan fingerprint density at radius 1 is 1.23 bits per heavy atom. The van der Waals surface area contributed by atoms with Crippen molar-refractivity contribution in [1.29, 1.82) is 0 Å². The Hall–Kier alpha value is -3.10. The van der Waals surface area contributed by atoms with Crippen LogP contribution in [0.25, 0.3) is 16.6 Å². The number of fused-ring (bicyclic) bond motifs is 2. The number of hydrogen-bond donors (Lipinski definition) is 1. The Kier molecular flexibility index (Phi) is 5.03. The standard InChI is InChI=1S/C23H26N4O4/c1-3-30-25-22(28)26-12-9-23(10-13-26)29-15-18-14-17(4-7-21(18)31-23)20-6-5-19-8-11-24-27(19)16(20)2/h4-8,11,14H,3,9-10,12-13,15H2,1-2H3,(H,25,28). The Bertz CT molecular complexity index is 1120. The van der Waals surface area contributed by atoms with Crippen LogP contribution in [0.3, 0.4) is 0 Å². The summed E-state index contributed by atoms with van der Waals surface area (Å²) in [5, 5.41) is 4.41. The molecule has 1 spiro atoms. The van der Waals surface area contributed by atoms with Crippen molar-refractivity contribution < 1.29 is 19.1 Å². The summed E-state index contributed by atoms with van der Waals surface area (Å²) in [5.74, 6) is 0.167. The predicted octanol–water partition coefficient (Wildman–Crippen LogP) is 3.67. The molecule has 3 aromatic rings. The third-order valence-corrected chi connectivity index (χ3v) is 6.07. The van der Waals surface area contributed by atoms with Gasteiger partial charge in [-0.2, -0.15) is 5.10 Å². The lowest BCUT2D eigenvalue weighted by Crippen LogP contribution is -2.54. The van der Waals surface area contributed by atoms with E-state index < -0.39 is 5.79 Å². The van der Waals surface area contributed by atoms with E-state index >= 15 is 0 Å². The highest BCUT2D eigenvalue weighted by Gasteiger charge is 2.42. The van der Waals surface area contributed by atoms with Crippen LogP contribution < -0.4 is 10.2 Å². The molecule has 5 rings (SSSR count). The van der Waals surface area contributed by atoms with Gasteiger partial charge in [0.1, 0.15) is 5.75 Å². The molecular formula is C23H26N4O4. The minimum atomic E-state index is -0.680. The molecule has 0 saturated carbocycles. The third kappa shape index (κ3) is 3.62. The summed E-state index contributed by atoms with van der Waals surface area (Å²) in [6.07, 6.45) is 3.04. The third-order valence-electron chi connectivity index (χ3n) is 6.07. The molecule has 8 nitrogen and oxygen atoms in total. The number of nitrogens with zero attached hydrogens (tertiary/aromatic N) is 3. The van der Waals surface area contributed by atoms with Gasteiger partial charge in [-0.05, 0) is 43.7 Å². The molecule has 1 fully saturated rings.